The van der Waals surface area contributed by atoms with Crippen molar-refractivity contribution in [1.29, 1.82) is 0 Å². The molecule has 0 bridgehead atoms. The summed E-state index contributed by atoms with van der Waals surface area (Å²) in [6.07, 6.45) is 1.18. The topological polar surface area (TPSA) is 3.24 Å². The van der Waals surface area contributed by atoms with Crippen molar-refractivity contribution in [1.82, 2.24) is 0 Å². The molecule has 0 fully saturated rings. The van der Waals surface area contributed by atoms with E-state index in [0.717, 1.165) is 11.0 Å². The van der Waals surface area contributed by atoms with Gasteiger partial charge < -0.3 is 4.90 Å². The Morgan fingerprint density at radius 3 is 2.75 bits per heavy atom. The van der Waals surface area contributed by atoms with E-state index < -0.39 is 0 Å². The van der Waals surface area contributed by atoms with Crippen molar-refractivity contribution < 1.29 is 0 Å². The van der Waals surface area contributed by atoms with Gasteiger partial charge in [-0.1, -0.05) is 28.9 Å². The maximum absolute atomic E-state index is 3.45. The van der Waals surface area contributed by atoms with Crippen molar-refractivity contribution in [2.75, 3.05) is 18.5 Å². The Balaban J connectivity index is 2.73. The lowest BCUT2D eigenvalue weighted by Gasteiger charge is -2.18. The van der Waals surface area contributed by atoms with E-state index in [1.807, 2.05) is 6.07 Å². The highest BCUT2D eigenvalue weighted by Gasteiger charge is 1.98. The van der Waals surface area contributed by atoms with Crippen LogP contribution in [0.2, 0.25) is 0 Å². The average Bonchev–Trinajstić information content (AvgIpc) is 2.05. The van der Waals surface area contributed by atoms with Gasteiger partial charge in [-0.2, -0.15) is 0 Å². The molecule has 0 unspecified atom stereocenters. The first-order chi connectivity index (χ1) is 5.74. The third-order valence-corrected chi connectivity index (χ3v) is 2.30. The van der Waals surface area contributed by atoms with Crippen molar-refractivity contribution in [3.05, 3.63) is 28.7 Å². The molecule has 1 aromatic rings. The van der Waals surface area contributed by atoms with E-state index in [9.17, 15) is 0 Å². The second-order valence-corrected chi connectivity index (χ2v) is 3.82. The minimum Gasteiger partial charge on any atom is -0.375 e. The molecule has 0 aliphatic heterocycles. The Bertz CT molecular complexity index is 247. The second kappa shape index (κ2) is 4.51. The van der Waals surface area contributed by atoms with Crippen molar-refractivity contribution in [3.8, 4) is 0 Å². The van der Waals surface area contributed by atoms with Crippen LogP contribution in [0.3, 0.4) is 0 Å². The Hall–Kier alpha value is -0.500. The summed E-state index contributed by atoms with van der Waals surface area (Å²) in [4.78, 5) is 2.25. The molecule has 0 spiro atoms. The first-order valence-corrected chi connectivity index (χ1v) is 5.00. The van der Waals surface area contributed by atoms with E-state index in [4.69, 9.17) is 0 Å². The van der Waals surface area contributed by atoms with Gasteiger partial charge in [0.25, 0.3) is 0 Å². The van der Waals surface area contributed by atoms with Crippen LogP contribution >= 0.6 is 15.9 Å². The second-order valence-electron chi connectivity index (χ2n) is 2.90. The molecule has 0 atom stereocenters. The highest BCUT2D eigenvalue weighted by molar-refractivity contribution is 9.10. The lowest BCUT2D eigenvalue weighted by atomic mass is 10.3. The van der Waals surface area contributed by atoms with Gasteiger partial charge in [0, 0.05) is 23.8 Å². The fourth-order valence-electron chi connectivity index (χ4n) is 1.18. The predicted molar refractivity (Wildman–Crippen MR) is 57.7 cm³/mol. The third-order valence-electron chi connectivity index (χ3n) is 1.81. The van der Waals surface area contributed by atoms with Gasteiger partial charge in [0.15, 0.2) is 0 Å². The molecule has 0 N–H and O–H groups in total. The summed E-state index contributed by atoms with van der Waals surface area (Å²) in [5, 5.41) is 0. The van der Waals surface area contributed by atoms with E-state index >= 15 is 0 Å². The van der Waals surface area contributed by atoms with Crippen molar-refractivity contribution >= 4 is 21.6 Å². The highest BCUT2D eigenvalue weighted by atomic mass is 79.9. The number of hydrogen-bond donors (Lipinski definition) is 0. The minimum absolute atomic E-state index is 1.11. The zero-order valence-corrected chi connectivity index (χ0v) is 9.13. The molecule has 0 aliphatic rings. The van der Waals surface area contributed by atoms with Crippen LogP contribution in [-0.2, 0) is 0 Å². The van der Waals surface area contributed by atoms with Crippen molar-refractivity contribution in [2.45, 2.75) is 13.3 Å². The Morgan fingerprint density at radius 2 is 2.17 bits per heavy atom. The molecule has 0 aromatic heterocycles. The molecule has 0 amide bonds. The summed E-state index contributed by atoms with van der Waals surface area (Å²) in [5.41, 5.74) is 1.27. The first-order valence-electron chi connectivity index (χ1n) is 4.20. The van der Waals surface area contributed by atoms with Gasteiger partial charge in [-0.25, -0.2) is 0 Å². The monoisotopic (exact) mass is 227 g/mol. The number of hydrogen-bond acceptors (Lipinski definition) is 1. The quantitative estimate of drug-likeness (QED) is 0.767. The zero-order valence-electron chi connectivity index (χ0n) is 7.55. The van der Waals surface area contributed by atoms with Crippen LogP contribution in [0, 0.1) is 0 Å². The summed E-state index contributed by atoms with van der Waals surface area (Å²) in [6, 6.07) is 8.37. The number of anilines is 1. The Kier molecular flexibility index (Phi) is 3.60. The SMILES string of the molecule is CCCN(C)c1cccc(Br)c1. The summed E-state index contributed by atoms with van der Waals surface area (Å²) in [6.45, 7) is 3.30. The van der Waals surface area contributed by atoms with Crippen LogP contribution < -0.4 is 4.90 Å². The van der Waals surface area contributed by atoms with E-state index in [2.05, 4.69) is 53.0 Å². The smallest absolute Gasteiger partial charge is 0.0374 e. The van der Waals surface area contributed by atoms with Gasteiger partial charge in [0.05, 0.1) is 0 Å². The number of nitrogens with zero attached hydrogens (tertiary/aromatic N) is 1. The van der Waals surface area contributed by atoms with Crippen LogP contribution in [0.1, 0.15) is 13.3 Å². The molecular formula is C10H14BrN. The Labute approximate surface area is 82.5 Å². The molecule has 0 saturated carbocycles. The van der Waals surface area contributed by atoms with Gasteiger partial charge in [0.2, 0.25) is 0 Å². The van der Waals surface area contributed by atoms with Crippen LogP contribution in [-0.4, -0.2) is 13.6 Å². The fraction of sp³-hybridized carbons (Fsp3) is 0.400. The highest BCUT2D eigenvalue weighted by Crippen LogP contribution is 2.18. The lowest BCUT2D eigenvalue weighted by molar-refractivity contribution is 0.852. The largest absolute Gasteiger partial charge is 0.375 e. The van der Waals surface area contributed by atoms with Crippen LogP contribution in [0.25, 0.3) is 0 Å². The maximum atomic E-state index is 3.45. The van der Waals surface area contributed by atoms with Crippen LogP contribution in [0.4, 0.5) is 5.69 Å². The van der Waals surface area contributed by atoms with E-state index in [1.54, 1.807) is 0 Å². The summed E-state index contributed by atoms with van der Waals surface area (Å²) >= 11 is 3.45. The number of halogens is 1. The maximum Gasteiger partial charge on any atom is 0.0374 e. The third kappa shape index (κ3) is 2.52. The van der Waals surface area contributed by atoms with Crippen LogP contribution in [0.15, 0.2) is 28.7 Å². The van der Waals surface area contributed by atoms with Gasteiger partial charge in [0.1, 0.15) is 0 Å². The summed E-state index contributed by atoms with van der Waals surface area (Å²) in [5.74, 6) is 0. The van der Waals surface area contributed by atoms with Gasteiger partial charge >= 0.3 is 0 Å². The predicted octanol–water partition coefficient (Wildman–Crippen LogP) is 3.30. The molecular weight excluding hydrogens is 214 g/mol. The first kappa shape index (κ1) is 9.59. The molecule has 1 nitrogen and oxygen atoms in total. The van der Waals surface area contributed by atoms with Gasteiger partial charge in [-0.15, -0.1) is 0 Å². The molecule has 0 aliphatic carbocycles. The molecule has 2 heteroatoms. The molecule has 0 radical (unpaired) electrons. The van der Waals surface area contributed by atoms with E-state index in [-0.39, 0.29) is 0 Å². The van der Waals surface area contributed by atoms with Crippen LogP contribution in [0.5, 0.6) is 0 Å². The Morgan fingerprint density at radius 1 is 1.42 bits per heavy atom. The molecule has 66 valence electrons. The lowest BCUT2D eigenvalue weighted by Crippen LogP contribution is -2.17. The van der Waals surface area contributed by atoms with Crippen molar-refractivity contribution in [3.63, 3.8) is 0 Å². The molecule has 12 heavy (non-hydrogen) atoms. The van der Waals surface area contributed by atoms with Gasteiger partial charge in [-0.05, 0) is 24.6 Å². The molecule has 0 saturated heterocycles. The normalized spacial score (nSPS) is 9.92. The van der Waals surface area contributed by atoms with Gasteiger partial charge in [-0.3, -0.25) is 0 Å². The standard InChI is InChI=1S/C10H14BrN/c1-3-7-12(2)10-6-4-5-9(11)8-10/h4-6,8H,3,7H2,1-2H3. The number of benzene rings is 1. The number of rotatable bonds is 3. The zero-order chi connectivity index (χ0) is 8.97. The van der Waals surface area contributed by atoms with E-state index in [0.29, 0.717) is 0 Å². The van der Waals surface area contributed by atoms with Crippen molar-refractivity contribution in [2.24, 2.45) is 0 Å². The summed E-state index contributed by atoms with van der Waals surface area (Å²) < 4.78 is 1.14. The molecule has 1 aromatic carbocycles. The summed E-state index contributed by atoms with van der Waals surface area (Å²) in [7, 11) is 2.12. The molecule has 0 heterocycles. The fourth-order valence-corrected chi connectivity index (χ4v) is 1.57. The average molecular weight is 228 g/mol. The van der Waals surface area contributed by atoms with E-state index in [1.165, 1.54) is 12.1 Å². The molecule has 1 rings (SSSR count). The minimum atomic E-state index is 1.11.